The zero-order valence-electron chi connectivity index (χ0n) is 9.38. The van der Waals surface area contributed by atoms with Crippen molar-refractivity contribution in [3.8, 4) is 0 Å². The van der Waals surface area contributed by atoms with Crippen molar-refractivity contribution in [2.75, 3.05) is 11.4 Å². The zero-order valence-corrected chi connectivity index (χ0v) is 9.38. The van der Waals surface area contributed by atoms with Gasteiger partial charge in [-0.3, -0.25) is 14.9 Å². The molecule has 7 heteroatoms. The van der Waals surface area contributed by atoms with Crippen molar-refractivity contribution in [1.82, 2.24) is 15.3 Å². The summed E-state index contributed by atoms with van der Waals surface area (Å²) in [4.78, 5) is 32.6. The van der Waals surface area contributed by atoms with Crippen LogP contribution in [0.5, 0.6) is 0 Å². The average molecular weight is 235 g/mol. The van der Waals surface area contributed by atoms with Gasteiger partial charge in [-0.15, -0.1) is 0 Å². The monoisotopic (exact) mass is 235 g/mol. The molecule has 0 saturated carbocycles. The van der Waals surface area contributed by atoms with E-state index in [9.17, 15) is 9.59 Å². The SMILES string of the molecule is CC1C(=O)NC(=O)CN1c1nccc(CN)n1. The summed E-state index contributed by atoms with van der Waals surface area (Å²) in [5, 5.41) is 2.26. The second-order valence-electron chi connectivity index (χ2n) is 3.77. The van der Waals surface area contributed by atoms with E-state index in [-0.39, 0.29) is 24.9 Å². The molecule has 0 radical (unpaired) electrons. The van der Waals surface area contributed by atoms with Crippen LogP contribution in [0.15, 0.2) is 12.3 Å². The third kappa shape index (κ3) is 2.23. The Kier molecular flexibility index (Phi) is 3.01. The van der Waals surface area contributed by atoms with Crippen LogP contribution in [0.3, 0.4) is 0 Å². The molecule has 1 aromatic rings. The number of nitrogens with zero attached hydrogens (tertiary/aromatic N) is 3. The van der Waals surface area contributed by atoms with Gasteiger partial charge < -0.3 is 10.6 Å². The van der Waals surface area contributed by atoms with E-state index in [0.717, 1.165) is 0 Å². The summed E-state index contributed by atoms with van der Waals surface area (Å²) in [5.41, 5.74) is 6.15. The molecule has 2 amide bonds. The molecule has 0 aromatic carbocycles. The second kappa shape index (κ2) is 4.46. The number of imide groups is 1. The molecular formula is C10H13N5O2. The number of nitrogens with one attached hydrogen (secondary N) is 1. The lowest BCUT2D eigenvalue weighted by Gasteiger charge is -2.31. The first-order valence-electron chi connectivity index (χ1n) is 5.24. The van der Waals surface area contributed by atoms with Gasteiger partial charge in [-0.1, -0.05) is 0 Å². The number of hydrogen-bond acceptors (Lipinski definition) is 6. The molecule has 1 fully saturated rings. The van der Waals surface area contributed by atoms with Crippen LogP contribution < -0.4 is 16.0 Å². The van der Waals surface area contributed by atoms with E-state index >= 15 is 0 Å². The van der Waals surface area contributed by atoms with Crippen LogP contribution in [-0.4, -0.2) is 34.4 Å². The van der Waals surface area contributed by atoms with Crippen LogP contribution in [0.1, 0.15) is 12.6 Å². The highest BCUT2D eigenvalue weighted by Crippen LogP contribution is 2.13. The smallest absolute Gasteiger partial charge is 0.249 e. The minimum Gasteiger partial charge on any atom is -0.325 e. The Morgan fingerprint density at radius 3 is 3.06 bits per heavy atom. The topological polar surface area (TPSA) is 101 Å². The van der Waals surface area contributed by atoms with Gasteiger partial charge in [0.25, 0.3) is 0 Å². The van der Waals surface area contributed by atoms with Crippen molar-refractivity contribution >= 4 is 17.8 Å². The number of rotatable bonds is 2. The standard InChI is InChI=1S/C10H13N5O2/c1-6-9(17)14-8(16)5-15(6)10-12-3-2-7(4-11)13-10/h2-3,6H,4-5,11H2,1H3,(H,14,16,17). The minimum absolute atomic E-state index is 0.0704. The quantitative estimate of drug-likeness (QED) is 0.623. The summed E-state index contributed by atoms with van der Waals surface area (Å²) < 4.78 is 0. The van der Waals surface area contributed by atoms with Crippen molar-refractivity contribution in [2.45, 2.75) is 19.5 Å². The molecular weight excluding hydrogens is 222 g/mol. The van der Waals surface area contributed by atoms with Crippen molar-refractivity contribution in [3.05, 3.63) is 18.0 Å². The second-order valence-corrected chi connectivity index (χ2v) is 3.77. The van der Waals surface area contributed by atoms with Gasteiger partial charge >= 0.3 is 0 Å². The van der Waals surface area contributed by atoms with Crippen LogP contribution in [0, 0.1) is 0 Å². The third-order valence-electron chi connectivity index (χ3n) is 2.59. The molecule has 1 aromatic heterocycles. The Morgan fingerprint density at radius 2 is 2.35 bits per heavy atom. The van der Waals surface area contributed by atoms with Gasteiger partial charge in [-0.25, -0.2) is 9.97 Å². The Labute approximate surface area is 98.0 Å². The van der Waals surface area contributed by atoms with E-state index in [0.29, 0.717) is 11.6 Å². The minimum atomic E-state index is -0.472. The molecule has 1 aliphatic heterocycles. The van der Waals surface area contributed by atoms with Crippen molar-refractivity contribution in [2.24, 2.45) is 5.73 Å². The van der Waals surface area contributed by atoms with Gasteiger partial charge in [-0.05, 0) is 13.0 Å². The third-order valence-corrected chi connectivity index (χ3v) is 2.59. The fourth-order valence-electron chi connectivity index (χ4n) is 1.60. The van der Waals surface area contributed by atoms with Crippen LogP contribution in [-0.2, 0) is 16.1 Å². The van der Waals surface area contributed by atoms with E-state index in [1.54, 1.807) is 24.1 Å². The fraction of sp³-hybridized carbons (Fsp3) is 0.400. The number of carbonyl (C=O) groups excluding carboxylic acids is 2. The molecule has 0 bridgehead atoms. The van der Waals surface area contributed by atoms with Gasteiger partial charge in [0.1, 0.15) is 12.6 Å². The van der Waals surface area contributed by atoms with E-state index in [2.05, 4.69) is 15.3 Å². The molecule has 1 unspecified atom stereocenters. The maximum absolute atomic E-state index is 11.5. The summed E-state index contributed by atoms with van der Waals surface area (Å²) in [7, 11) is 0. The van der Waals surface area contributed by atoms with Crippen molar-refractivity contribution in [1.29, 1.82) is 0 Å². The summed E-state index contributed by atoms with van der Waals surface area (Å²) in [5.74, 6) is -0.346. The van der Waals surface area contributed by atoms with Gasteiger partial charge in [0.2, 0.25) is 17.8 Å². The van der Waals surface area contributed by atoms with Crippen LogP contribution in [0.4, 0.5) is 5.95 Å². The Hall–Kier alpha value is -2.02. The number of nitrogens with two attached hydrogens (primary N) is 1. The van der Waals surface area contributed by atoms with Crippen molar-refractivity contribution < 1.29 is 9.59 Å². The largest absolute Gasteiger partial charge is 0.325 e. The summed E-state index contributed by atoms with van der Waals surface area (Å²) >= 11 is 0. The van der Waals surface area contributed by atoms with Crippen molar-refractivity contribution in [3.63, 3.8) is 0 Å². The predicted molar refractivity (Wildman–Crippen MR) is 59.9 cm³/mol. The number of anilines is 1. The predicted octanol–water partition coefficient (Wildman–Crippen LogP) is -1.21. The molecule has 7 nitrogen and oxygen atoms in total. The molecule has 90 valence electrons. The normalized spacial score (nSPS) is 20.4. The van der Waals surface area contributed by atoms with Crippen LogP contribution in [0.25, 0.3) is 0 Å². The maximum atomic E-state index is 11.5. The van der Waals surface area contributed by atoms with Gasteiger partial charge in [-0.2, -0.15) is 0 Å². The summed E-state index contributed by atoms with van der Waals surface area (Å²) in [6.45, 7) is 2.05. The highest BCUT2D eigenvalue weighted by Gasteiger charge is 2.31. The van der Waals surface area contributed by atoms with Gasteiger partial charge in [0.05, 0.1) is 5.69 Å². The zero-order chi connectivity index (χ0) is 12.4. The Morgan fingerprint density at radius 1 is 1.59 bits per heavy atom. The lowest BCUT2D eigenvalue weighted by molar-refractivity contribution is -0.132. The van der Waals surface area contributed by atoms with Crippen LogP contribution in [0.2, 0.25) is 0 Å². The van der Waals surface area contributed by atoms with Gasteiger partial charge in [0.15, 0.2) is 0 Å². The van der Waals surface area contributed by atoms with E-state index in [1.165, 1.54) is 0 Å². The molecule has 1 atom stereocenters. The average Bonchev–Trinajstić information content (AvgIpc) is 2.34. The number of piperazine rings is 1. The van der Waals surface area contributed by atoms with E-state index in [1.807, 2.05) is 0 Å². The molecule has 17 heavy (non-hydrogen) atoms. The highest BCUT2D eigenvalue weighted by atomic mass is 16.2. The summed E-state index contributed by atoms with van der Waals surface area (Å²) in [6, 6.07) is 1.22. The number of aromatic nitrogens is 2. The van der Waals surface area contributed by atoms with E-state index in [4.69, 9.17) is 5.73 Å². The molecule has 2 heterocycles. The number of amides is 2. The summed E-state index contributed by atoms with van der Waals surface area (Å²) in [6.07, 6.45) is 1.56. The Bertz CT molecular complexity index is 462. The maximum Gasteiger partial charge on any atom is 0.249 e. The number of carbonyl (C=O) groups is 2. The highest BCUT2D eigenvalue weighted by molar-refractivity contribution is 6.04. The lowest BCUT2D eigenvalue weighted by Crippen LogP contribution is -2.57. The fourth-order valence-corrected chi connectivity index (χ4v) is 1.60. The van der Waals surface area contributed by atoms with Crippen LogP contribution >= 0.6 is 0 Å². The first-order chi connectivity index (χ1) is 8.11. The lowest BCUT2D eigenvalue weighted by atomic mass is 10.2. The van der Waals surface area contributed by atoms with Gasteiger partial charge in [0, 0.05) is 12.7 Å². The Balaban J connectivity index is 2.30. The van der Waals surface area contributed by atoms with E-state index < -0.39 is 6.04 Å². The molecule has 2 rings (SSSR count). The first-order valence-corrected chi connectivity index (χ1v) is 5.24. The first kappa shape index (κ1) is 11.5. The molecule has 1 aliphatic rings. The molecule has 0 spiro atoms. The molecule has 1 saturated heterocycles. The molecule has 0 aliphatic carbocycles. The molecule has 3 N–H and O–H groups in total. The number of hydrogen-bond donors (Lipinski definition) is 2.